The number of hydrogen-bond donors (Lipinski definition) is 0. The highest BCUT2D eigenvalue weighted by Crippen LogP contribution is 2.38. The van der Waals surface area contributed by atoms with Gasteiger partial charge >= 0.3 is 5.97 Å². The van der Waals surface area contributed by atoms with Crippen molar-refractivity contribution < 1.29 is 9.53 Å². The van der Waals surface area contributed by atoms with Gasteiger partial charge in [-0.3, -0.25) is 4.79 Å². The van der Waals surface area contributed by atoms with Crippen molar-refractivity contribution in [2.75, 3.05) is 0 Å². The molecule has 1 aliphatic heterocycles. The molecule has 3 heteroatoms. The van der Waals surface area contributed by atoms with Gasteiger partial charge in [-0.2, -0.15) is 11.8 Å². The molecule has 0 saturated carbocycles. The average molecular weight is 216 g/mol. The Kier molecular flexibility index (Phi) is 4.30. The fourth-order valence-electron chi connectivity index (χ4n) is 2.10. The molecule has 14 heavy (non-hydrogen) atoms. The van der Waals surface area contributed by atoms with Gasteiger partial charge in [-0.25, -0.2) is 0 Å². The van der Waals surface area contributed by atoms with Crippen LogP contribution >= 0.6 is 11.8 Å². The van der Waals surface area contributed by atoms with E-state index in [9.17, 15) is 4.79 Å². The second-order valence-corrected chi connectivity index (χ2v) is 5.82. The number of carbonyl (C=O) groups excluding carboxylic acids is 1. The molecule has 0 N–H and O–H groups in total. The van der Waals surface area contributed by atoms with Gasteiger partial charge in [0.05, 0.1) is 0 Å². The Hall–Kier alpha value is -0.180. The Bertz CT molecular complexity index is 205. The highest BCUT2D eigenvalue weighted by atomic mass is 32.2. The summed E-state index contributed by atoms with van der Waals surface area (Å²) in [5.74, 6) is 0.348. The summed E-state index contributed by atoms with van der Waals surface area (Å²) >= 11 is 2.03. The SMILES string of the molecule is CC[C@@H]1S[C@H](C)C[C@H](OC(C)=O)[C@H]1C. The van der Waals surface area contributed by atoms with Crippen molar-refractivity contribution in [3.05, 3.63) is 0 Å². The van der Waals surface area contributed by atoms with Crippen molar-refractivity contribution in [3.8, 4) is 0 Å². The first kappa shape index (κ1) is 11.9. The molecule has 1 fully saturated rings. The predicted molar refractivity (Wildman–Crippen MR) is 60.5 cm³/mol. The number of carbonyl (C=O) groups is 1. The van der Waals surface area contributed by atoms with Crippen LogP contribution in [0.2, 0.25) is 0 Å². The predicted octanol–water partition coefficient (Wildman–Crippen LogP) is 2.86. The highest BCUT2D eigenvalue weighted by Gasteiger charge is 2.34. The van der Waals surface area contributed by atoms with E-state index in [1.165, 1.54) is 6.92 Å². The summed E-state index contributed by atoms with van der Waals surface area (Å²) in [6, 6.07) is 0. The van der Waals surface area contributed by atoms with Gasteiger partial charge in [0.25, 0.3) is 0 Å². The van der Waals surface area contributed by atoms with Gasteiger partial charge in [0.1, 0.15) is 6.10 Å². The van der Waals surface area contributed by atoms with Crippen molar-refractivity contribution in [1.82, 2.24) is 0 Å². The van der Waals surface area contributed by atoms with E-state index in [1.54, 1.807) is 0 Å². The third-order valence-corrected chi connectivity index (χ3v) is 4.63. The van der Waals surface area contributed by atoms with Crippen LogP contribution in [0.3, 0.4) is 0 Å². The zero-order valence-electron chi connectivity index (χ0n) is 9.45. The maximum absolute atomic E-state index is 10.9. The van der Waals surface area contributed by atoms with Gasteiger partial charge in [0.2, 0.25) is 0 Å². The molecule has 1 aliphatic rings. The van der Waals surface area contributed by atoms with Crippen molar-refractivity contribution in [2.45, 2.75) is 57.1 Å². The number of thioether (sulfide) groups is 1. The first-order chi connectivity index (χ1) is 6.54. The van der Waals surface area contributed by atoms with Crippen LogP contribution in [-0.4, -0.2) is 22.6 Å². The molecule has 0 aromatic carbocycles. The van der Waals surface area contributed by atoms with Crippen molar-refractivity contribution >= 4 is 17.7 Å². The molecule has 1 saturated heterocycles. The van der Waals surface area contributed by atoms with Crippen LogP contribution in [0.5, 0.6) is 0 Å². The Labute approximate surface area is 90.8 Å². The van der Waals surface area contributed by atoms with Crippen LogP contribution < -0.4 is 0 Å². The maximum atomic E-state index is 10.9. The summed E-state index contributed by atoms with van der Waals surface area (Å²) in [7, 11) is 0. The lowest BCUT2D eigenvalue weighted by Crippen LogP contribution is -2.38. The van der Waals surface area contributed by atoms with Gasteiger partial charge in [-0.05, 0) is 12.8 Å². The normalized spacial score (nSPS) is 38.0. The molecule has 82 valence electrons. The fourth-order valence-corrected chi connectivity index (χ4v) is 3.61. The molecule has 0 bridgehead atoms. The zero-order chi connectivity index (χ0) is 10.7. The van der Waals surface area contributed by atoms with Crippen LogP contribution in [0.25, 0.3) is 0 Å². The van der Waals surface area contributed by atoms with E-state index < -0.39 is 0 Å². The first-order valence-electron chi connectivity index (χ1n) is 5.37. The zero-order valence-corrected chi connectivity index (χ0v) is 10.3. The topological polar surface area (TPSA) is 26.3 Å². The Morgan fingerprint density at radius 1 is 1.50 bits per heavy atom. The van der Waals surface area contributed by atoms with E-state index in [1.807, 2.05) is 11.8 Å². The van der Waals surface area contributed by atoms with E-state index in [0.717, 1.165) is 12.8 Å². The largest absolute Gasteiger partial charge is 0.462 e. The monoisotopic (exact) mass is 216 g/mol. The number of hydrogen-bond acceptors (Lipinski definition) is 3. The Morgan fingerprint density at radius 3 is 2.64 bits per heavy atom. The van der Waals surface area contributed by atoms with Crippen LogP contribution in [-0.2, 0) is 9.53 Å². The second-order valence-electron chi connectivity index (χ2n) is 4.14. The summed E-state index contributed by atoms with van der Waals surface area (Å²) in [4.78, 5) is 10.9. The van der Waals surface area contributed by atoms with Crippen LogP contribution in [0.1, 0.15) is 40.5 Å². The summed E-state index contributed by atoms with van der Waals surface area (Å²) in [6.45, 7) is 8.12. The van der Waals surface area contributed by atoms with Crippen molar-refractivity contribution in [3.63, 3.8) is 0 Å². The van der Waals surface area contributed by atoms with Gasteiger partial charge in [-0.15, -0.1) is 0 Å². The number of esters is 1. The van der Waals surface area contributed by atoms with E-state index in [4.69, 9.17) is 4.74 Å². The van der Waals surface area contributed by atoms with Gasteiger partial charge in [-0.1, -0.05) is 20.8 Å². The second kappa shape index (κ2) is 5.06. The van der Waals surface area contributed by atoms with E-state index in [0.29, 0.717) is 16.4 Å². The average Bonchev–Trinajstić information content (AvgIpc) is 2.09. The van der Waals surface area contributed by atoms with Crippen LogP contribution in [0, 0.1) is 5.92 Å². The molecule has 0 aromatic heterocycles. The summed E-state index contributed by atoms with van der Waals surface area (Å²) in [5.41, 5.74) is 0. The summed E-state index contributed by atoms with van der Waals surface area (Å²) in [6.07, 6.45) is 2.30. The van der Waals surface area contributed by atoms with Crippen molar-refractivity contribution in [2.24, 2.45) is 5.92 Å². The Morgan fingerprint density at radius 2 is 2.14 bits per heavy atom. The molecule has 0 radical (unpaired) electrons. The molecule has 1 heterocycles. The molecule has 0 aromatic rings. The Balaban J connectivity index is 2.59. The van der Waals surface area contributed by atoms with Gasteiger partial charge < -0.3 is 4.74 Å². The molecule has 4 atom stereocenters. The third kappa shape index (κ3) is 2.91. The van der Waals surface area contributed by atoms with E-state index in [-0.39, 0.29) is 12.1 Å². The molecule has 0 unspecified atom stereocenters. The molecule has 0 amide bonds. The minimum Gasteiger partial charge on any atom is -0.462 e. The lowest BCUT2D eigenvalue weighted by molar-refractivity contribution is -0.149. The summed E-state index contributed by atoms with van der Waals surface area (Å²) < 4.78 is 5.35. The van der Waals surface area contributed by atoms with Gasteiger partial charge in [0, 0.05) is 23.3 Å². The molecule has 2 nitrogen and oxygen atoms in total. The lowest BCUT2D eigenvalue weighted by atomic mass is 9.94. The van der Waals surface area contributed by atoms with E-state index >= 15 is 0 Å². The smallest absolute Gasteiger partial charge is 0.302 e. The first-order valence-corrected chi connectivity index (χ1v) is 6.31. The number of ether oxygens (including phenoxy) is 1. The molecular weight excluding hydrogens is 196 g/mol. The fraction of sp³-hybridized carbons (Fsp3) is 0.909. The molecule has 0 aliphatic carbocycles. The van der Waals surface area contributed by atoms with Crippen LogP contribution in [0.4, 0.5) is 0 Å². The standard InChI is InChI=1S/C11H20O2S/c1-5-11-8(3)10(13-9(4)12)6-7(2)14-11/h7-8,10-11H,5-6H2,1-4H3/t7-,8-,10+,11+/m1/s1. The van der Waals surface area contributed by atoms with E-state index in [2.05, 4.69) is 20.8 Å². The highest BCUT2D eigenvalue weighted by molar-refractivity contribution is 8.00. The minimum absolute atomic E-state index is 0.133. The molecule has 0 spiro atoms. The molecule has 1 rings (SSSR count). The molecular formula is C11H20O2S. The van der Waals surface area contributed by atoms with Gasteiger partial charge in [0.15, 0.2) is 0 Å². The maximum Gasteiger partial charge on any atom is 0.302 e. The quantitative estimate of drug-likeness (QED) is 0.664. The minimum atomic E-state index is -0.143. The number of rotatable bonds is 2. The van der Waals surface area contributed by atoms with Crippen molar-refractivity contribution in [1.29, 1.82) is 0 Å². The van der Waals surface area contributed by atoms with Crippen LogP contribution in [0.15, 0.2) is 0 Å². The summed E-state index contributed by atoms with van der Waals surface area (Å²) in [5, 5.41) is 1.25. The lowest BCUT2D eigenvalue weighted by Gasteiger charge is -2.37. The third-order valence-electron chi connectivity index (χ3n) is 2.86.